The average Bonchev–Trinajstić information content (AvgIpc) is 2.42. The molecule has 1 amide bonds. The van der Waals surface area contributed by atoms with Crippen LogP contribution >= 0.6 is 11.6 Å². The third-order valence-electron chi connectivity index (χ3n) is 3.24. The zero-order valence-corrected chi connectivity index (χ0v) is 12.0. The fourth-order valence-corrected chi connectivity index (χ4v) is 2.33. The topological polar surface area (TPSA) is 35.6 Å². The van der Waals surface area contributed by atoms with Crippen LogP contribution in [0.1, 0.15) is 5.56 Å². The Morgan fingerprint density at radius 3 is 2.58 bits per heavy atom. The minimum atomic E-state index is 0.206. The number of rotatable bonds is 4. The fraction of sp³-hybridized carbons (Fsp3) is 0.500. The lowest BCUT2D eigenvalue weighted by Crippen LogP contribution is -2.49. The highest BCUT2D eigenvalue weighted by Gasteiger charge is 2.17. The molecule has 0 saturated carbocycles. The minimum absolute atomic E-state index is 0.206. The highest BCUT2D eigenvalue weighted by Crippen LogP contribution is 2.11. The molecule has 19 heavy (non-hydrogen) atoms. The predicted octanol–water partition coefficient (Wildman–Crippen LogP) is 1.20. The lowest BCUT2D eigenvalue weighted by atomic mass is 10.2. The van der Waals surface area contributed by atoms with Crippen LogP contribution in [0.3, 0.4) is 0 Å². The normalized spacial score (nSPS) is 15.8. The molecule has 2 rings (SSSR count). The van der Waals surface area contributed by atoms with Gasteiger partial charge >= 0.3 is 0 Å². The molecule has 1 heterocycles. The van der Waals surface area contributed by atoms with Gasteiger partial charge < -0.3 is 10.2 Å². The van der Waals surface area contributed by atoms with Gasteiger partial charge in [-0.25, -0.2) is 0 Å². The van der Waals surface area contributed by atoms with Crippen LogP contribution in [0.4, 0.5) is 0 Å². The van der Waals surface area contributed by atoms with Gasteiger partial charge in [-0.3, -0.25) is 9.69 Å². The molecular weight excluding hydrogens is 262 g/mol. The molecule has 0 radical (unpaired) electrons. The zero-order chi connectivity index (χ0) is 13.7. The van der Waals surface area contributed by atoms with E-state index in [1.165, 1.54) is 5.56 Å². The molecule has 0 atom stereocenters. The summed E-state index contributed by atoms with van der Waals surface area (Å²) >= 11 is 5.85. The Balaban J connectivity index is 1.81. The summed E-state index contributed by atoms with van der Waals surface area (Å²) in [4.78, 5) is 16.0. The van der Waals surface area contributed by atoms with E-state index in [9.17, 15) is 4.79 Å². The van der Waals surface area contributed by atoms with E-state index < -0.39 is 0 Å². The van der Waals surface area contributed by atoms with Gasteiger partial charge in [0.05, 0.1) is 6.54 Å². The third kappa shape index (κ3) is 4.49. The molecule has 0 unspecified atom stereocenters. The lowest BCUT2D eigenvalue weighted by molar-refractivity contribution is -0.132. The van der Waals surface area contributed by atoms with Crippen molar-refractivity contribution in [1.82, 2.24) is 15.1 Å². The number of nitrogens with one attached hydrogen (secondary N) is 1. The van der Waals surface area contributed by atoms with E-state index in [0.29, 0.717) is 6.54 Å². The van der Waals surface area contributed by atoms with Crippen LogP contribution in [0.5, 0.6) is 0 Å². The Morgan fingerprint density at radius 2 is 1.95 bits per heavy atom. The van der Waals surface area contributed by atoms with E-state index in [0.717, 1.165) is 37.7 Å². The number of carbonyl (C=O) groups excluding carboxylic acids is 1. The molecule has 4 nitrogen and oxygen atoms in total. The zero-order valence-electron chi connectivity index (χ0n) is 11.2. The monoisotopic (exact) mass is 281 g/mol. The van der Waals surface area contributed by atoms with Crippen molar-refractivity contribution in [3.8, 4) is 0 Å². The molecule has 1 N–H and O–H groups in total. The molecule has 1 fully saturated rings. The summed E-state index contributed by atoms with van der Waals surface area (Å²) in [5.74, 6) is 0.206. The first-order valence-corrected chi connectivity index (χ1v) is 6.94. The second-order valence-electron chi connectivity index (χ2n) is 4.93. The summed E-state index contributed by atoms with van der Waals surface area (Å²) in [5.41, 5.74) is 1.17. The summed E-state index contributed by atoms with van der Waals surface area (Å²) in [5, 5.41) is 3.99. The van der Waals surface area contributed by atoms with Gasteiger partial charge in [-0.2, -0.15) is 0 Å². The molecule has 5 heteroatoms. The maximum absolute atomic E-state index is 12.1. The number of hydrogen-bond donors (Lipinski definition) is 1. The second-order valence-corrected chi connectivity index (χ2v) is 5.37. The van der Waals surface area contributed by atoms with E-state index in [1.807, 2.05) is 41.1 Å². The van der Waals surface area contributed by atoms with Gasteiger partial charge in [0.2, 0.25) is 5.91 Å². The molecule has 1 aliphatic rings. The summed E-state index contributed by atoms with van der Waals surface area (Å²) in [7, 11) is 1.97. The number of amides is 1. The molecular formula is C14H20ClN3O. The molecule has 1 aromatic carbocycles. The van der Waals surface area contributed by atoms with Gasteiger partial charge in [0.25, 0.3) is 0 Å². The maximum atomic E-state index is 12.1. The Bertz CT molecular complexity index is 415. The van der Waals surface area contributed by atoms with Crippen molar-refractivity contribution in [2.24, 2.45) is 0 Å². The van der Waals surface area contributed by atoms with Crippen LogP contribution in [-0.2, 0) is 11.3 Å². The Hall–Kier alpha value is -1.10. The molecule has 1 saturated heterocycles. The summed E-state index contributed by atoms with van der Waals surface area (Å²) in [6, 6.07) is 7.74. The van der Waals surface area contributed by atoms with Crippen LogP contribution in [0.2, 0.25) is 5.02 Å². The number of halogens is 1. The molecule has 0 aliphatic carbocycles. The number of benzene rings is 1. The average molecular weight is 282 g/mol. The van der Waals surface area contributed by atoms with Crippen LogP contribution in [0.25, 0.3) is 0 Å². The van der Waals surface area contributed by atoms with E-state index >= 15 is 0 Å². The van der Waals surface area contributed by atoms with Crippen LogP contribution in [0, 0.1) is 0 Å². The van der Waals surface area contributed by atoms with E-state index in [2.05, 4.69) is 5.32 Å². The molecule has 1 aromatic rings. The second kappa shape index (κ2) is 6.89. The van der Waals surface area contributed by atoms with Gasteiger partial charge in [0.15, 0.2) is 0 Å². The number of hydrogen-bond acceptors (Lipinski definition) is 3. The smallest absolute Gasteiger partial charge is 0.236 e. The third-order valence-corrected chi connectivity index (χ3v) is 3.49. The van der Waals surface area contributed by atoms with Crippen LogP contribution < -0.4 is 5.32 Å². The van der Waals surface area contributed by atoms with Crippen molar-refractivity contribution >= 4 is 17.5 Å². The van der Waals surface area contributed by atoms with Crippen LogP contribution in [-0.4, -0.2) is 55.5 Å². The first-order chi connectivity index (χ1) is 9.15. The van der Waals surface area contributed by atoms with Gasteiger partial charge in [0.1, 0.15) is 0 Å². The van der Waals surface area contributed by atoms with Crippen molar-refractivity contribution in [3.05, 3.63) is 34.9 Å². The summed E-state index contributed by atoms with van der Waals surface area (Å²) in [6.45, 7) is 4.64. The van der Waals surface area contributed by atoms with Crippen molar-refractivity contribution in [1.29, 1.82) is 0 Å². The molecule has 104 valence electrons. The molecule has 0 bridgehead atoms. The summed E-state index contributed by atoms with van der Waals surface area (Å²) < 4.78 is 0. The Kier molecular flexibility index (Phi) is 5.19. The number of carbonyl (C=O) groups is 1. The lowest BCUT2D eigenvalue weighted by Gasteiger charge is -2.29. The van der Waals surface area contributed by atoms with E-state index in [1.54, 1.807) is 0 Å². The predicted molar refractivity (Wildman–Crippen MR) is 77.2 cm³/mol. The molecule has 0 spiro atoms. The largest absolute Gasteiger partial charge is 0.339 e. The van der Waals surface area contributed by atoms with Gasteiger partial charge in [0, 0.05) is 37.7 Å². The van der Waals surface area contributed by atoms with E-state index in [4.69, 9.17) is 11.6 Å². The number of likely N-dealkylation sites (N-methyl/N-ethyl adjacent to an activating group) is 1. The van der Waals surface area contributed by atoms with Crippen molar-refractivity contribution in [2.75, 3.05) is 39.8 Å². The maximum Gasteiger partial charge on any atom is 0.236 e. The summed E-state index contributed by atoms with van der Waals surface area (Å²) in [6.07, 6.45) is 0. The number of nitrogens with zero attached hydrogens (tertiary/aromatic N) is 2. The standard InChI is InChI=1S/C14H20ClN3O/c1-17(10-12-2-4-13(15)5-3-12)11-14(19)18-8-6-16-7-9-18/h2-5,16H,6-11H2,1H3. The first kappa shape index (κ1) is 14.3. The van der Waals surface area contributed by atoms with Gasteiger partial charge in [-0.1, -0.05) is 23.7 Å². The SMILES string of the molecule is CN(CC(=O)N1CCNCC1)Cc1ccc(Cl)cc1. The highest BCUT2D eigenvalue weighted by atomic mass is 35.5. The van der Waals surface area contributed by atoms with Gasteiger partial charge in [-0.05, 0) is 24.7 Å². The molecule has 0 aromatic heterocycles. The Labute approximate surface area is 119 Å². The van der Waals surface area contributed by atoms with Crippen LogP contribution in [0.15, 0.2) is 24.3 Å². The quantitative estimate of drug-likeness (QED) is 0.901. The van der Waals surface area contributed by atoms with Crippen molar-refractivity contribution in [3.63, 3.8) is 0 Å². The molecule has 1 aliphatic heterocycles. The fourth-order valence-electron chi connectivity index (χ4n) is 2.20. The minimum Gasteiger partial charge on any atom is -0.339 e. The number of piperazine rings is 1. The highest BCUT2D eigenvalue weighted by molar-refractivity contribution is 6.30. The van der Waals surface area contributed by atoms with E-state index in [-0.39, 0.29) is 5.91 Å². The van der Waals surface area contributed by atoms with Crippen molar-refractivity contribution in [2.45, 2.75) is 6.54 Å². The van der Waals surface area contributed by atoms with Crippen molar-refractivity contribution < 1.29 is 4.79 Å². The first-order valence-electron chi connectivity index (χ1n) is 6.56. The van der Waals surface area contributed by atoms with Gasteiger partial charge in [-0.15, -0.1) is 0 Å². The Morgan fingerprint density at radius 1 is 1.32 bits per heavy atom.